The summed E-state index contributed by atoms with van der Waals surface area (Å²) in [6.45, 7) is 4.09. The molecule has 1 heterocycles. The molecule has 0 radical (unpaired) electrons. The Balaban J connectivity index is 2.14. The Kier molecular flexibility index (Phi) is 4.13. The Morgan fingerprint density at radius 2 is 2.05 bits per heavy atom. The van der Waals surface area contributed by atoms with E-state index in [1.165, 1.54) is 11.3 Å². The van der Waals surface area contributed by atoms with E-state index >= 15 is 0 Å². The second-order valence-corrected chi connectivity index (χ2v) is 5.14. The van der Waals surface area contributed by atoms with Gasteiger partial charge in [0.2, 0.25) is 5.91 Å². The molecule has 1 aromatic heterocycles. The lowest BCUT2D eigenvalue weighted by Gasteiger charge is -2.09. The van der Waals surface area contributed by atoms with Crippen molar-refractivity contribution in [2.75, 3.05) is 5.32 Å². The molecule has 2 aromatic rings. The molecule has 0 atom stereocenters. The van der Waals surface area contributed by atoms with Crippen LogP contribution in [0.2, 0.25) is 0 Å². The number of aryl methyl sites for hydroxylation is 2. The predicted molar refractivity (Wildman–Crippen MR) is 77.3 cm³/mol. The summed E-state index contributed by atoms with van der Waals surface area (Å²) < 4.78 is 0. The van der Waals surface area contributed by atoms with Crippen LogP contribution in [0.1, 0.15) is 16.8 Å². The molecular weight excluding hydrogens is 260 g/mol. The Morgan fingerprint density at radius 1 is 1.37 bits per heavy atom. The van der Waals surface area contributed by atoms with Gasteiger partial charge in [-0.15, -0.1) is 11.3 Å². The van der Waals surface area contributed by atoms with Crippen LogP contribution in [0.5, 0.6) is 0 Å². The molecule has 0 aliphatic carbocycles. The standard InChI is InChI=1S/C13H16N4OS/c1-8-4-3-5-9(2)12(8)16-13-15-10(7-19-13)6-11(18)17-14/h3-5,7H,6,14H2,1-2H3,(H,15,16)(H,17,18). The molecule has 0 saturated heterocycles. The number of para-hydroxylation sites is 1. The normalized spacial score (nSPS) is 10.3. The average Bonchev–Trinajstić information content (AvgIpc) is 2.81. The average molecular weight is 276 g/mol. The minimum Gasteiger partial charge on any atom is -0.331 e. The summed E-state index contributed by atoms with van der Waals surface area (Å²) in [5.74, 6) is 4.80. The molecule has 4 N–H and O–H groups in total. The first-order valence-corrected chi connectivity index (χ1v) is 6.75. The third-order valence-corrected chi connectivity index (χ3v) is 3.57. The summed E-state index contributed by atoms with van der Waals surface area (Å²) in [7, 11) is 0. The molecular formula is C13H16N4OS. The van der Waals surface area contributed by atoms with Crippen molar-refractivity contribution in [1.82, 2.24) is 10.4 Å². The van der Waals surface area contributed by atoms with Gasteiger partial charge < -0.3 is 5.32 Å². The highest BCUT2D eigenvalue weighted by Crippen LogP contribution is 2.26. The van der Waals surface area contributed by atoms with Gasteiger partial charge in [0, 0.05) is 11.1 Å². The molecule has 5 nitrogen and oxygen atoms in total. The summed E-state index contributed by atoms with van der Waals surface area (Å²) >= 11 is 1.47. The largest absolute Gasteiger partial charge is 0.331 e. The highest BCUT2D eigenvalue weighted by Gasteiger charge is 2.08. The van der Waals surface area contributed by atoms with Gasteiger partial charge in [0.1, 0.15) is 0 Å². The van der Waals surface area contributed by atoms with Crippen molar-refractivity contribution in [2.24, 2.45) is 5.84 Å². The Morgan fingerprint density at radius 3 is 2.68 bits per heavy atom. The number of nitrogens with one attached hydrogen (secondary N) is 2. The molecule has 0 bridgehead atoms. The number of nitrogens with zero attached hydrogens (tertiary/aromatic N) is 1. The zero-order valence-electron chi connectivity index (χ0n) is 10.9. The van der Waals surface area contributed by atoms with Crippen LogP contribution in [-0.4, -0.2) is 10.9 Å². The minimum atomic E-state index is -0.246. The van der Waals surface area contributed by atoms with E-state index < -0.39 is 0 Å². The summed E-state index contributed by atoms with van der Waals surface area (Å²) in [6.07, 6.45) is 0.196. The number of hydrogen-bond donors (Lipinski definition) is 3. The second-order valence-electron chi connectivity index (χ2n) is 4.28. The van der Waals surface area contributed by atoms with Gasteiger partial charge in [-0.05, 0) is 25.0 Å². The predicted octanol–water partition coefficient (Wildman–Crippen LogP) is 2.04. The van der Waals surface area contributed by atoms with Crippen molar-refractivity contribution >= 4 is 28.1 Å². The molecule has 0 aliphatic heterocycles. The fourth-order valence-corrected chi connectivity index (χ4v) is 2.49. The number of hydrogen-bond acceptors (Lipinski definition) is 5. The molecule has 0 spiro atoms. The third-order valence-electron chi connectivity index (χ3n) is 2.77. The van der Waals surface area contributed by atoms with Crippen molar-refractivity contribution in [1.29, 1.82) is 0 Å². The topological polar surface area (TPSA) is 80.0 Å². The van der Waals surface area contributed by atoms with Crippen LogP contribution in [0.15, 0.2) is 23.6 Å². The fraction of sp³-hybridized carbons (Fsp3) is 0.231. The maximum atomic E-state index is 11.2. The number of benzene rings is 1. The molecule has 1 amide bonds. The van der Waals surface area contributed by atoms with E-state index in [9.17, 15) is 4.79 Å². The molecule has 1 aromatic carbocycles. The van der Waals surface area contributed by atoms with E-state index in [0.29, 0.717) is 5.69 Å². The van der Waals surface area contributed by atoms with Gasteiger partial charge in [-0.2, -0.15) is 0 Å². The molecule has 0 aliphatic rings. The van der Waals surface area contributed by atoms with Gasteiger partial charge in [-0.1, -0.05) is 18.2 Å². The van der Waals surface area contributed by atoms with Crippen LogP contribution in [0.4, 0.5) is 10.8 Å². The first-order valence-electron chi connectivity index (χ1n) is 5.87. The molecule has 6 heteroatoms. The number of hydrazine groups is 1. The van der Waals surface area contributed by atoms with E-state index in [1.54, 1.807) is 0 Å². The zero-order chi connectivity index (χ0) is 13.8. The number of amides is 1. The molecule has 100 valence electrons. The van der Waals surface area contributed by atoms with Crippen LogP contribution in [-0.2, 0) is 11.2 Å². The molecule has 2 rings (SSSR count). The van der Waals surface area contributed by atoms with Gasteiger partial charge in [0.05, 0.1) is 12.1 Å². The second kappa shape index (κ2) is 5.81. The van der Waals surface area contributed by atoms with E-state index in [2.05, 4.69) is 15.7 Å². The number of rotatable bonds is 4. The molecule has 0 saturated carbocycles. The van der Waals surface area contributed by atoms with Crippen LogP contribution >= 0.6 is 11.3 Å². The van der Waals surface area contributed by atoms with E-state index in [1.807, 2.05) is 37.4 Å². The lowest BCUT2D eigenvalue weighted by Crippen LogP contribution is -2.31. The first-order chi connectivity index (χ1) is 9.10. The van der Waals surface area contributed by atoms with Crippen LogP contribution in [0, 0.1) is 13.8 Å². The van der Waals surface area contributed by atoms with Gasteiger partial charge in [-0.25, -0.2) is 10.8 Å². The number of anilines is 2. The van der Waals surface area contributed by atoms with E-state index in [0.717, 1.165) is 21.9 Å². The number of aromatic nitrogens is 1. The van der Waals surface area contributed by atoms with E-state index in [-0.39, 0.29) is 12.3 Å². The Labute approximate surface area is 115 Å². The molecule has 19 heavy (non-hydrogen) atoms. The zero-order valence-corrected chi connectivity index (χ0v) is 11.7. The van der Waals surface area contributed by atoms with Crippen molar-refractivity contribution in [3.8, 4) is 0 Å². The van der Waals surface area contributed by atoms with Crippen LogP contribution in [0.3, 0.4) is 0 Å². The van der Waals surface area contributed by atoms with Gasteiger partial charge in [-0.3, -0.25) is 10.2 Å². The minimum absolute atomic E-state index is 0.196. The maximum absolute atomic E-state index is 11.2. The summed E-state index contributed by atoms with van der Waals surface area (Å²) in [4.78, 5) is 15.5. The van der Waals surface area contributed by atoms with Gasteiger partial charge >= 0.3 is 0 Å². The van der Waals surface area contributed by atoms with Crippen molar-refractivity contribution in [3.05, 3.63) is 40.4 Å². The number of carbonyl (C=O) groups is 1. The third kappa shape index (κ3) is 3.30. The summed E-state index contributed by atoms with van der Waals surface area (Å²) in [5, 5.41) is 5.92. The van der Waals surface area contributed by atoms with Crippen molar-refractivity contribution in [2.45, 2.75) is 20.3 Å². The van der Waals surface area contributed by atoms with Crippen LogP contribution in [0.25, 0.3) is 0 Å². The van der Waals surface area contributed by atoms with Gasteiger partial charge in [0.15, 0.2) is 5.13 Å². The maximum Gasteiger partial charge on any atom is 0.239 e. The quantitative estimate of drug-likeness (QED) is 0.453. The Bertz CT molecular complexity index is 574. The lowest BCUT2D eigenvalue weighted by molar-refractivity contribution is -0.120. The monoisotopic (exact) mass is 276 g/mol. The number of thiazole rings is 1. The highest BCUT2D eigenvalue weighted by atomic mass is 32.1. The number of nitrogens with two attached hydrogens (primary N) is 1. The first kappa shape index (κ1) is 13.5. The van der Waals surface area contributed by atoms with E-state index in [4.69, 9.17) is 5.84 Å². The molecule has 0 unspecified atom stereocenters. The Hall–Kier alpha value is -1.92. The van der Waals surface area contributed by atoms with Crippen LogP contribution < -0.4 is 16.6 Å². The summed E-state index contributed by atoms with van der Waals surface area (Å²) in [5.41, 5.74) is 6.19. The van der Waals surface area contributed by atoms with Crippen molar-refractivity contribution < 1.29 is 4.79 Å². The van der Waals surface area contributed by atoms with Gasteiger partial charge in [0.25, 0.3) is 0 Å². The fourth-order valence-electron chi connectivity index (χ4n) is 1.78. The highest BCUT2D eigenvalue weighted by molar-refractivity contribution is 7.13. The lowest BCUT2D eigenvalue weighted by atomic mass is 10.1. The smallest absolute Gasteiger partial charge is 0.239 e. The van der Waals surface area contributed by atoms with Crippen molar-refractivity contribution in [3.63, 3.8) is 0 Å². The number of carbonyl (C=O) groups excluding carboxylic acids is 1. The SMILES string of the molecule is Cc1cccc(C)c1Nc1nc(CC(=O)NN)cs1. The summed E-state index contributed by atoms with van der Waals surface area (Å²) in [6, 6.07) is 6.12. The molecule has 0 fully saturated rings.